The molecule has 2 rings (SSSR count). The van der Waals surface area contributed by atoms with E-state index in [9.17, 15) is 0 Å². The third-order valence-corrected chi connectivity index (χ3v) is 4.02. The van der Waals surface area contributed by atoms with E-state index in [4.69, 9.17) is 0 Å². The maximum atomic E-state index is 3.42. The van der Waals surface area contributed by atoms with E-state index in [1.54, 1.807) is 0 Å². The molecule has 1 N–H and O–H groups in total. The maximum Gasteiger partial charge on any atom is 0.0248 e. The zero-order valence-electron chi connectivity index (χ0n) is 9.04. The van der Waals surface area contributed by atoms with Gasteiger partial charge >= 0.3 is 0 Å². The van der Waals surface area contributed by atoms with Crippen molar-refractivity contribution >= 4 is 22.6 Å². The quantitative estimate of drug-likeness (QED) is 0.841. The van der Waals surface area contributed by atoms with Gasteiger partial charge in [0.1, 0.15) is 0 Å². The molecule has 1 atom stereocenters. The number of halogens is 1. The molecule has 15 heavy (non-hydrogen) atoms. The van der Waals surface area contributed by atoms with E-state index in [2.05, 4.69) is 64.0 Å². The Morgan fingerprint density at radius 3 is 3.00 bits per heavy atom. The summed E-state index contributed by atoms with van der Waals surface area (Å²) in [4.78, 5) is 2.55. The van der Waals surface area contributed by atoms with Gasteiger partial charge in [-0.25, -0.2) is 0 Å². The molecule has 2 nitrogen and oxygen atoms in total. The number of rotatable bonds is 2. The van der Waals surface area contributed by atoms with E-state index in [0.717, 1.165) is 26.2 Å². The molecule has 1 saturated heterocycles. The van der Waals surface area contributed by atoms with Gasteiger partial charge in [-0.1, -0.05) is 18.2 Å². The molecular formula is C12H17IN2. The van der Waals surface area contributed by atoms with Crippen molar-refractivity contribution in [1.82, 2.24) is 10.2 Å². The Kier molecular flexibility index (Phi) is 3.99. The Hall–Kier alpha value is -0.130. The van der Waals surface area contributed by atoms with Gasteiger partial charge in [0.05, 0.1) is 0 Å². The summed E-state index contributed by atoms with van der Waals surface area (Å²) in [6, 6.07) is 9.30. The minimum absolute atomic E-state index is 0.648. The second-order valence-corrected chi connectivity index (χ2v) is 5.28. The molecule has 0 bridgehead atoms. The molecule has 0 spiro atoms. The molecule has 1 heterocycles. The predicted molar refractivity (Wildman–Crippen MR) is 71.9 cm³/mol. The zero-order chi connectivity index (χ0) is 10.7. The zero-order valence-corrected chi connectivity index (χ0v) is 11.2. The first-order valence-corrected chi connectivity index (χ1v) is 6.53. The monoisotopic (exact) mass is 316 g/mol. The lowest BCUT2D eigenvalue weighted by Crippen LogP contribution is -2.49. The van der Waals surface area contributed by atoms with Crippen LogP contribution < -0.4 is 5.32 Å². The Labute approximate surface area is 105 Å². The molecule has 0 aromatic heterocycles. The van der Waals surface area contributed by atoms with Crippen LogP contribution in [0.4, 0.5) is 0 Å². The third kappa shape index (κ3) is 2.92. The van der Waals surface area contributed by atoms with Crippen molar-refractivity contribution in [2.45, 2.75) is 19.5 Å². The first-order chi connectivity index (χ1) is 7.27. The number of nitrogens with one attached hydrogen (secondary N) is 1. The maximum absolute atomic E-state index is 3.42. The van der Waals surface area contributed by atoms with E-state index in [1.807, 2.05) is 0 Å². The highest BCUT2D eigenvalue weighted by Crippen LogP contribution is 2.15. The van der Waals surface area contributed by atoms with Crippen molar-refractivity contribution in [3.05, 3.63) is 33.4 Å². The highest BCUT2D eigenvalue weighted by Gasteiger charge is 2.18. The second kappa shape index (κ2) is 5.27. The van der Waals surface area contributed by atoms with Crippen LogP contribution in [-0.2, 0) is 6.54 Å². The minimum Gasteiger partial charge on any atom is -0.314 e. The average molecular weight is 316 g/mol. The van der Waals surface area contributed by atoms with Crippen molar-refractivity contribution in [3.8, 4) is 0 Å². The van der Waals surface area contributed by atoms with Gasteiger partial charge in [0.25, 0.3) is 0 Å². The summed E-state index contributed by atoms with van der Waals surface area (Å²) in [5.74, 6) is 0. The molecule has 1 aliphatic rings. The van der Waals surface area contributed by atoms with Crippen molar-refractivity contribution in [2.24, 2.45) is 0 Å². The summed E-state index contributed by atoms with van der Waals surface area (Å²) < 4.78 is 1.38. The molecule has 1 fully saturated rings. The number of benzene rings is 1. The molecule has 3 heteroatoms. The van der Waals surface area contributed by atoms with E-state index in [0.29, 0.717) is 6.04 Å². The lowest BCUT2D eigenvalue weighted by Gasteiger charge is -2.34. The van der Waals surface area contributed by atoms with Crippen molar-refractivity contribution < 1.29 is 0 Å². The Balaban J connectivity index is 2.04. The van der Waals surface area contributed by atoms with Crippen LogP contribution in [0.3, 0.4) is 0 Å². The number of hydrogen-bond acceptors (Lipinski definition) is 2. The SMILES string of the molecule is C[C@H]1CNCCN1Cc1ccccc1I. The van der Waals surface area contributed by atoms with Crippen LogP contribution in [0.1, 0.15) is 12.5 Å². The summed E-state index contributed by atoms with van der Waals surface area (Å²) >= 11 is 2.42. The van der Waals surface area contributed by atoms with Crippen LogP contribution in [0.2, 0.25) is 0 Å². The summed E-state index contributed by atoms with van der Waals surface area (Å²) in [7, 11) is 0. The molecule has 0 unspecified atom stereocenters. The summed E-state index contributed by atoms with van der Waals surface area (Å²) in [5, 5.41) is 3.42. The fourth-order valence-corrected chi connectivity index (χ4v) is 2.52. The normalized spacial score (nSPS) is 22.9. The first-order valence-electron chi connectivity index (χ1n) is 5.45. The Morgan fingerprint density at radius 1 is 1.47 bits per heavy atom. The lowest BCUT2D eigenvalue weighted by molar-refractivity contribution is 0.165. The first kappa shape index (κ1) is 11.4. The van der Waals surface area contributed by atoms with E-state index < -0.39 is 0 Å². The van der Waals surface area contributed by atoms with Gasteiger partial charge in [0.15, 0.2) is 0 Å². The van der Waals surface area contributed by atoms with Gasteiger partial charge in [-0.15, -0.1) is 0 Å². The van der Waals surface area contributed by atoms with Gasteiger partial charge in [0.2, 0.25) is 0 Å². The van der Waals surface area contributed by atoms with Crippen molar-refractivity contribution in [2.75, 3.05) is 19.6 Å². The summed E-state index contributed by atoms with van der Waals surface area (Å²) in [5.41, 5.74) is 1.45. The fraction of sp³-hybridized carbons (Fsp3) is 0.500. The number of hydrogen-bond donors (Lipinski definition) is 1. The van der Waals surface area contributed by atoms with E-state index in [-0.39, 0.29) is 0 Å². The molecule has 1 aromatic rings. The van der Waals surface area contributed by atoms with Crippen molar-refractivity contribution in [3.63, 3.8) is 0 Å². The fourth-order valence-electron chi connectivity index (χ4n) is 1.96. The molecule has 1 aliphatic heterocycles. The van der Waals surface area contributed by atoms with Gasteiger partial charge in [-0.3, -0.25) is 4.90 Å². The topological polar surface area (TPSA) is 15.3 Å². The summed E-state index contributed by atoms with van der Waals surface area (Å²) in [6.07, 6.45) is 0. The third-order valence-electron chi connectivity index (χ3n) is 2.97. The van der Waals surface area contributed by atoms with Gasteiger partial charge < -0.3 is 5.32 Å². The predicted octanol–water partition coefficient (Wildman–Crippen LogP) is 2.08. The molecule has 1 aromatic carbocycles. The van der Waals surface area contributed by atoms with Crippen LogP contribution in [0.5, 0.6) is 0 Å². The highest BCUT2D eigenvalue weighted by molar-refractivity contribution is 14.1. The standard InChI is InChI=1S/C12H17IN2/c1-10-8-14-6-7-15(10)9-11-4-2-3-5-12(11)13/h2-5,10,14H,6-9H2,1H3/t10-/m0/s1. The molecule has 0 saturated carbocycles. The van der Waals surface area contributed by atoms with Crippen LogP contribution in [0.15, 0.2) is 24.3 Å². The van der Waals surface area contributed by atoms with Gasteiger partial charge in [-0.05, 0) is 41.1 Å². The molecule has 82 valence electrons. The van der Waals surface area contributed by atoms with Crippen LogP contribution in [-0.4, -0.2) is 30.6 Å². The van der Waals surface area contributed by atoms with E-state index in [1.165, 1.54) is 9.13 Å². The van der Waals surface area contributed by atoms with Crippen molar-refractivity contribution in [1.29, 1.82) is 0 Å². The Bertz CT molecular complexity index is 327. The smallest absolute Gasteiger partial charge is 0.0248 e. The van der Waals surface area contributed by atoms with Crippen LogP contribution >= 0.6 is 22.6 Å². The largest absolute Gasteiger partial charge is 0.314 e. The van der Waals surface area contributed by atoms with Gasteiger partial charge in [0, 0.05) is 35.8 Å². The van der Waals surface area contributed by atoms with Crippen LogP contribution in [0.25, 0.3) is 0 Å². The molecular weight excluding hydrogens is 299 g/mol. The minimum atomic E-state index is 0.648. The lowest BCUT2D eigenvalue weighted by atomic mass is 10.1. The summed E-state index contributed by atoms with van der Waals surface area (Å²) in [6.45, 7) is 6.77. The number of nitrogens with zero attached hydrogens (tertiary/aromatic N) is 1. The van der Waals surface area contributed by atoms with Gasteiger partial charge in [-0.2, -0.15) is 0 Å². The Morgan fingerprint density at radius 2 is 2.27 bits per heavy atom. The highest BCUT2D eigenvalue weighted by atomic mass is 127. The molecule has 0 radical (unpaired) electrons. The second-order valence-electron chi connectivity index (χ2n) is 4.12. The van der Waals surface area contributed by atoms with Crippen LogP contribution in [0, 0.1) is 3.57 Å². The van der Waals surface area contributed by atoms with E-state index >= 15 is 0 Å². The average Bonchev–Trinajstić information content (AvgIpc) is 2.24. The molecule has 0 aliphatic carbocycles. The molecule has 0 amide bonds. The number of piperazine rings is 1.